The minimum Gasteiger partial charge on any atom is -0.340 e. The van der Waals surface area contributed by atoms with Crippen molar-refractivity contribution in [2.75, 3.05) is 20.1 Å². The molecule has 1 aromatic heterocycles. The average molecular weight is 238 g/mol. The van der Waals surface area contributed by atoms with Gasteiger partial charge in [-0.15, -0.1) is 0 Å². The number of aryl methyl sites for hydroxylation is 1. The maximum Gasteiger partial charge on any atom is 0.254 e. The fraction of sp³-hybridized carbons (Fsp3) is 0.583. The first-order valence-electron chi connectivity index (χ1n) is 5.70. The maximum absolute atomic E-state index is 12.1. The summed E-state index contributed by atoms with van der Waals surface area (Å²) in [4.78, 5) is 14.0. The van der Waals surface area contributed by atoms with Gasteiger partial charge in [0.15, 0.2) is 0 Å². The Balaban J connectivity index is 1.96. The Kier molecular flexibility index (Phi) is 3.61. The van der Waals surface area contributed by atoms with Crippen LogP contribution in [0.5, 0.6) is 0 Å². The predicted molar refractivity (Wildman–Crippen MR) is 67.0 cm³/mol. The van der Waals surface area contributed by atoms with Gasteiger partial charge in [-0.2, -0.15) is 11.3 Å². The van der Waals surface area contributed by atoms with E-state index in [1.165, 1.54) is 12.8 Å². The predicted octanol–water partition coefficient (Wildman–Crippen LogP) is 1.88. The first kappa shape index (κ1) is 11.6. The van der Waals surface area contributed by atoms with Crippen molar-refractivity contribution in [1.82, 2.24) is 10.2 Å². The molecule has 2 rings (SSSR count). The summed E-state index contributed by atoms with van der Waals surface area (Å²) in [6, 6.07) is 0.480. The van der Waals surface area contributed by atoms with Crippen LogP contribution in [-0.2, 0) is 0 Å². The number of likely N-dealkylation sites (N-methyl/N-ethyl adjacent to an activating group) is 1. The Morgan fingerprint density at radius 1 is 1.62 bits per heavy atom. The van der Waals surface area contributed by atoms with E-state index in [0.29, 0.717) is 6.04 Å². The molecule has 88 valence electrons. The first-order chi connectivity index (χ1) is 7.68. The van der Waals surface area contributed by atoms with Crippen LogP contribution < -0.4 is 5.32 Å². The monoisotopic (exact) mass is 238 g/mol. The minimum atomic E-state index is 0.146. The van der Waals surface area contributed by atoms with Gasteiger partial charge in [0.1, 0.15) is 0 Å². The largest absolute Gasteiger partial charge is 0.340 e. The molecule has 0 aromatic carbocycles. The van der Waals surface area contributed by atoms with Gasteiger partial charge >= 0.3 is 0 Å². The Bertz CT molecular complexity index is 369. The van der Waals surface area contributed by atoms with Crippen molar-refractivity contribution in [3.05, 3.63) is 21.9 Å². The molecular weight excluding hydrogens is 220 g/mol. The number of carbonyl (C=O) groups is 1. The van der Waals surface area contributed by atoms with Gasteiger partial charge in [-0.1, -0.05) is 0 Å². The van der Waals surface area contributed by atoms with Gasteiger partial charge in [-0.25, -0.2) is 0 Å². The molecule has 3 nitrogen and oxygen atoms in total. The number of amides is 1. The van der Waals surface area contributed by atoms with Gasteiger partial charge in [0.05, 0.1) is 5.56 Å². The molecule has 2 heterocycles. The third-order valence-electron chi connectivity index (χ3n) is 3.09. The Morgan fingerprint density at radius 2 is 2.44 bits per heavy atom. The van der Waals surface area contributed by atoms with Gasteiger partial charge in [-0.3, -0.25) is 4.79 Å². The van der Waals surface area contributed by atoms with Crippen molar-refractivity contribution in [1.29, 1.82) is 0 Å². The number of rotatable bonds is 3. The normalized spacial score (nSPS) is 20.0. The zero-order valence-electron chi connectivity index (χ0n) is 9.82. The van der Waals surface area contributed by atoms with E-state index in [9.17, 15) is 4.79 Å². The van der Waals surface area contributed by atoms with Crippen molar-refractivity contribution in [2.24, 2.45) is 0 Å². The third kappa shape index (κ3) is 2.44. The minimum absolute atomic E-state index is 0.146. The van der Waals surface area contributed by atoms with Crippen molar-refractivity contribution in [2.45, 2.75) is 25.8 Å². The van der Waals surface area contributed by atoms with E-state index >= 15 is 0 Å². The standard InChI is InChI=1S/C12H18N2OS/c1-9-7-16-8-11(9)12(15)14(2)6-10-4-3-5-13-10/h7-8,10,13H,3-6H2,1-2H3. The second-order valence-electron chi connectivity index (χ2n) is 4.45. The molecule has 1 unspecified atom stereocenters. The molecule has 0 bridgehead atoms. The average Bonchev–Trinajstić information content (AvgIpc) is 2.88. The van der Waals surface area contributed by atoms with Crippen LogP contribution in [0.3, 0.4) is 0 Å². The van der Waals surface area contributed by atoms with Crippen LogP contribution in [0.2, 0.25) is 0 Å². The molecule has 1 atom stereocenters. The fourth-order valence-corrected chi connectivity index (χ4v) is 2.93. The summed E-state index contributed by atoms with van der Waals surface area (Å²) in [5, 5.41) is 7.37. The smallest absolute Gasteiger partial charge is 0.254 e. The molecule has 0 spiro atoms. The number of nitrogens with one attached hydrogen (secondary N) is 1. The highest BCUT2D eigenvalue weighted by molar-refractivity contribution is 7.08. The summed E-state index contributed by atoms with van der Waals surface area (Å²) in [5.74, 6) is 0.146. The Labute approximate surface area is 100 Å². The Hall–Kier alpha value is -0.870. The molecule has 1 saturated heterocycles. The molecule has 1 aliphatic heterocycles. The van der Waals surface area contributed by atoms with E-state index in [-0.39, 0.29) is 5.91 Å². The van der Waals surface area contributed by atoms with Crippen LogP contribution in [-0.4, -0.2) is 37.0 Å². The lowest BCUT2D eigenvalue weighted by molar-refractivity contribution is 0.0783. The quantitative estimate of drug-likeness (QED) is 0.872. The number of hydrogen-bond donors (Lipinski definition) is 1. The summed E-state index contributed by atoms with van der Waals surface area (Å²) in [6.45, 7) is 3.89. The molecule has 1 amide bonds. The Morgan fingerprint density at radius 3 is 3.00 bits per heavy atom. The maximum atomic E-state index is 12.1. The highest BCUT2D eigenvalue weighted by Gasteiger charge is 2.20. The molecule has 1 fully saturated rings. The molecule has 4 heteroatoms. The molecule has 1 aromatic rings. The van der Waals surface area contributed by atoms with Gasteiger partial charge in [0.25, 0.3) is 5.91 Å². The second kappa shape index (κ2) is 4.97. The van der Waals surface area contributed by atoms with E-state index in [2.05, 4.69) is 5.32 Å². The van der Waals surface area contributed by atoms with Crippen LogP contribution in [0, 0.1) is 6.92 Å². The van der Waals surface area contributed by atoms with E-state index in [0.717, 1.165) is 24.2 Å². The van der Waals surface area contributed by atoms with Crippen LogP contribution >= 0.6 is 11.3 Å². The molecule has 0 saturated carbocycles. The molecular formula is C12H18N2OS. The lowest BCUT2D eigenvalue weighted by Crippen LogP contribution is -2.38. The second-order valence-corrected chi connectivity index (χ2v) is 5.19. The van der Waals surface area contributed by atoms with Crippen LogP contribution in [0.25, 0.3) is 0 Å². The van der Waals surface area contributed by atoms with Crippen molar-refractivity contribution in [3.8, 4) is 0 Å². The van der Waals surface area contributed by atoms with Crippen LogP contribution in [0.1, 0.15) is 28.8 Å². The van der Waals surface area contributed by atoms with Crippen LogP contribution in [0.4, 0.5) is 0 Å². The number of thiophene rings is 1. The van der Waals surface area contributed by atoms with Crippen molar-refractivity contribution >= 4 is 17.2 Å². The summed E-state index contributed by atoms with van der Waals surface area (Å²) in [5.41, 5.74) is 1.94. The molecule has 0 radical (unpaired) electrons. The van der Waals surface area contributed by atoms with Crippen molar-refractivity contribution in [3.63, 3.8) is 0 Å². The molecule has 1 N–H and O–H groups in total. The highest BCUT2D eigenvalue weighted by Crippen LogP contribution is 2.16. The van der Waals surface area contributed by atoms with E-state index < -0.39 is 0 Å². The van der Waals surface area contributed by atoms with Gasteiger partial charge in [0.2, 0.25) is 0 Å². The zero-order valence-corrected chi connectivity index (χ0v) is 10.6. The summed E-state index contributed by atoms with van der Waals surface area (Å²) >= 11 is 1.59. The summed E-state index contributed by atoms with van der Waals surface area (Å²) in [6.07, 6.45) is 2.41. The van der Waals surface area contributed by atoms with Crippen molar-refractivity contribution < 1.29 is 4.79 Å². The van der Waals surface area contributed by atoms with E-state index in [1.54, 1.807) is 11.3 Å². The lowest BCUT2D eigenvalue weighted by Gasteiger charge is -2.21. The van der Waals surface area contributed by atoms with Gasteiger partial charge in [-0.05, 0) is 37.3 Å². The van der Waals surface area contributed by atoms with Crippen LogP contribution in [0.15, 0.2) is 10.8 Å². The summed E-state index contributed by atoms with van der Waals surface area (Å²) in [7, 11) is 1.89. The lowest BCUT2D eigenvalue weighted by atomic mass is 10.1. The third-order valence-corrected chi connectivity index (χ3v) is 3.95. The molecule has 1 aliphatic rings. The van der Waals surface area contributed by atoms with Gasteiger partial charge in [0, 0.05) is 25.0 Å². The highest BCUT2D eigenvalue weighted by atomic mass is 32.1. The topological polar surface area (TPSA) is 32.3 Å². The fourth-order valence-electron chi connectivity index (χ4n) is 2.11. The van der Waals surface area contributed by atoms with E-state index in [1.807, 2.05) is 29.6 Å². The SMILES string of the molecule is Cc1cscc1C(=O)N(C)CC1CCCN1. The zero-order chi connectivity index (χ0) is 11.5. The number of hydrogen-bond acceptors (Lipinski definition) is 3. The number of nitrogens with zero attached hydrogens (tertiary/aromatic N) is 1. The number of carbonyl (C=O) groups excluding carboxylic acids is 1. The first-order valence-corrected chi connectivity index (χ1v) is 6.64. The summed E-state index contributed by atoms with van der Waals surface area (Å²) < 4.78 is 0. The molecule has 0 aliphatic carbocycles. The van der Waals surface area contributed by atoms with E-state index in [4.69, 9.17) is 0 Å². The van der Waals surface area contributed by atoms with Gasteiger partial charge < -0.3 is 10.2 Å². The molecule has 16 heavy (non-hydrogen) atoms.